The van der Waals surface area contributed by atoms with Gasteiger partial charge in [0.15, 0.2) is 0 Å². The van der Waals surface area contributed by atoms with Crippen LogP contribution in [0, 0.1) is 12.7 Å². The number of benzene rings is 2. The van der Waals surface area contributed by atoms with E-state index in [0.717, 1.165) is 11.6 Å². The van der Waals surface area contributed by atoms with Crippen molar-refractivity contribution in [3.8, 4) is 5.75 Å². The number of hydrogen-bond acceptors (Lipinski definition) is 3. The molecule has 0 unspecified atom stereocenters. The van der Waals surface area contributed by atoms with Crippen LogP contribution in [0.4, 0.5) is 4.39 Å². The smallest absolute Gasteiger partial charge is 0.240 e. The topological polar surface area (TPSA) is 66.4 Å². The highest BCUT2D eigenvalue weighted by atomic mass is 32.2. The average molecular weight is 309 g/mol. The molecular weight excluding hydrogens is 293 g/mol. The molecular formula is C15H16FNO3S. The van der Waals surface area contributed by atoms with Gasteiger partial charge in [0.25, 0.3) is 0 Å². The number of rotatable bonds is 5. The Balaban J connectivity index is 2.03. The third-order valence-electron chi connectivity index (χ3n) is 3.07. The zero-order valence-corrected chi connectivity index (χ0v) is 12.3. The monoisotopic (exact) mass is 309 g/mol. The lowest BCUT2D eigenvalue weighted by molar-refractivity contribution is 0.475. The molecule has 0 spiro atoms. The molecule has 2 N–H and O–H groups in total. The summed E-state index contributed by atoms with van der Waals surface area (Å²) < 4.78 is 39.8. The fraction of sp³-hybridized carbons (Fsp3) is 0.200. The minimum Gasteiger partial charge on any atom is -0.508 e. The van der Waals surface area contributed by atoms with Crippen molar-refractivity contribution >= 4 is 10.0 Å². The zero-order chi connectivity index (χ0) is 15.5. The summed E-state index contributed by atoms with van der Waals surface area (Å²) >= 11 is 0. The summed E-state index contributed by atoms with van der Waals surface area (Å²) in [5, 5.41) is 9.17. The summed E-state index contributed by atoms with van der Waals surface area (Å²) in [6.45, 7) is 1.78. The van der Waals surface area contributed by atoms with Gasteiger partial charge in [-0.2, -0.15) is 0 Å². The van der Waals surface area contributed by atoms with Crippen molar-refractivity contribution in [3.05, 3.63) is 59.4 Å². The van der Waals surface area contributed by atoms with Gasteiger partial charge in [-0.05, 0) is 54.8 Å². The Morgan fingerprint density at radius 1 is 1.14 bits per heavy atom. The van der Waals surface area contributed by atoms with Gasteiger partial charge in [0.2, 0.25) is 10.0 Å². The molecule has 0 saturated heterocycles. The summed E-state index contributed by atoms with van der Waals surface area (Å²) in [6, 6.07) is 10.1. The fourth-order valence-electron chi connectivity index (χ4n) is 1.98. The molecule has 0 saturated carbocycles. The Kier molecular flexibility index (Phi) is 4.59. The van der Waals surface area contributed by atoms with Gasteiger partial charge in [0.1, 0.15) is 11.6 Å². The largest absolute Gasteiger partial charge is 0.508 e. The maximum atomic E-state index is 13.0. The van der Waals surface area contributed by atoms with E-state index in [4.69, 9.17) is 0 Å². The second-order valence-corrected chi connectivity index (χ2v) is 6.46. The molecule has 0 radical (unpaired) electrons. The second-order valence-electron chi connectivity index (χ2n) is 4.72. The van der Waals surface area contributed by atoms with Gasteiger partial charge >= 0.3 is 0 Å². The maximum Gasteiger partial charge on any atom is 0.240 e. The Bertz CT molecular complexity index is 727. The van der Waals surface area contributed by atoms with E-state index in [1.807, 2.05) is 0 Å². The number of aromatic hydroxyl groups is 1. The lowest BCUT2D eigenvalue weighted by atomic mass is 10.1. The highest BCUT2D eigenvalue weighted by molar-refractivity contribution is 7.89. The van der Waals surface area contributed by atoms with E-state index < -0.39 is 15.8 Å². The molecule has 0 aliphatic carbocycles. The lowest BCUT2D eigenvalue weighted by Gasteiger charge is -2.09. The Morgan fingerprint density at radius 2 is 1.81 bits per heavy atom. The van der Waals surface area contributed by atoms with Crippen LogP contribution < -0.4 is 4.72 Å². The van der Waals surface area contributed by atoms with Crippen molar-refractivity contribution in [3.63, 3.8) is 0 Å². The van der Waals surface area contributed by atoms with E-state index in [0.29, 0.717) is 12.0 Å². The molecule has 6 heteroatoms. The highest BCUT2D eigenvalue weighted by Gasteiger charge is 2.16. The van der Waals surface area contributed by atoms with Crippen molar-refractivity contribution in [2.24, 2.45) is 0 Å². The van der Waals surface area contributed by atoms with Crippen LogP contribution in [-0.4, -0.2) is 20.1 Å². The Morgan fingerprint density at radius 3 is 2.43 bits per heavy atom. The standard InChI is InChI=1S/C15H16FNO3S/c1-11-10-13(16)4-7-15(11)21(19,20)17-9-8-12-2-5-14(18)6-3-12/h2-7,10,17-18H,8-9H2,1H3. The summed E-state index contributed by atoms with van der Waals surface area (Å²) in [6.07, 6.45) is 0.500. The van der Waals surface area contributed by atoms with Gasteiger partial charge < -0.3 is 5.11 Å². The first-order chi connectivity index (χ1) is 9.88. The van der Waals surface area contributed by atoms with E-state index in [1.54, 1.807) is 31.2 Å². The van der Waals surface area contributed by atoms with E-state index in [1.165, 1.54) is 12.1 Å². The summed E-state index contributed by atoms with van der Waals surface area (Å²) in [5.41, 5.74) is 1.28. The van der Waals surface area contributed by atoms with Gasteiger partial charge in [-0.3, -0.25) is 0 Å². The third kappa shape index (κ3) is 4.03. The van der Waals surface area contributed by atoms with Crippen LogP contribution in [0.15, 0.2) is 47.4 Å². The molecule has 4 nitrogen and oxygen atoms in total. The highest BCUT2D eigenvalue weighted by Crippen LogP contribution is 2.16. The van der Waals surface area contributed by atoms with Crippen LogP contribution >= 0.6 is 0 Å². The molecule has 112 valence electrons. The molecule has 0 bridgehead atoms. The van der Waals surface area contributed by atoms with Crippen LogP contribution in [-0.2, 0) is 16.4 Å². The SMILES string of the molecule is Cc1cc(F)ccc1S(=O)(=O)NCCc1ccc(O)cc1. The van der Waals surface area contributed by atoms with Crippen molar-refractivity contribution in [2.45, 2.75) is 18.2 Å². The maximum absolute atomic E-state index is 13.0. The van der Waals surface area contributed by atoms with Crippen molar-refractivity contribution in [1.29, 1.82) is 0 Å². The van der Waals surface area contributed by atoms with Crippen molar-refractivity contribution in [2.75, 3.05) is 6.54 Å². The number of hydrogen-bond donors (Lipinski definition) is 2. The number of phenols is 1. The zero-order valence-electron chi connectivity index (χ0n) is 11.5. The van der Waals surface area contributed by atoms with Crippen LogP contribution in [0.25, 0.3) is 0 Å². The predicted octanol–water partition coefficient (Wildman–Crippen LogP) is 2.36. The molecule has 2 aromatic rings. The van der Waals surface area contributed by atoms with E-state index in [9.17, 15) is 17.9 Å². The minimum atomic E-state index is -3.65. The quantitative estimate of drug-likeness (QED) is 0.891. The van der Waals surface area contributed by atoms with E-state index in [-0.39, 0.29) is 17.2 Å². The summed E-state index contributed by atoms with van der Waals surface area (Å²) in [7, 11) is -3.65. The minimum absolute atomic E-state index is 0.0783. The molecule has 21 heavy (non-hydrogen) atoms. The molecule has 2 rings (SSSR count). The first-order valence-electron chi connectivity index (χ1n) is 6.42. The molecule has 0 aliphatic heterocycles. The van der Waals surface area contributed by atoms with Gasteiger partial charge in [-0.1, -0.05) is 12.1 Å². The van der Waals surface area contributed by atoms with Gasteiger partial charge in [0.05, 0.1) is 4.90 Å². The van der Waals surface area contributed by atoms with Crippen LogP contribution in [0.3, 0.4) is 0 Å². The van der Waals surface area contributed by atoms with E-state index >= 15 is 0 Å². The summed E-state index contributed by atoms with van der Waals surface area (Å²) in [4.78, 5) is 0.0783. The molecule has 0 fully saturated rings. The number of halogens is 1. The lowest BCUT2D eigenvalue weighted by Crippen LogP contribution is -2.26. The Hall–Kier alpha value is -1.92. The number of nitrogens with one attached hydrogen (secondary N) is 1. The molecule has 0 heterocycles. The molecule has 0 amide bonds. The molecule has 0 atom stereocenters. The van der Waals surface area contributed by atoms with Crippen molar-refractivity contribution in [1.82, 2.24) is 4.72 Å². The average Bonchev–Trinajstić information content (AvgIpc) is 2.40. The predicted molar refractivity (Wildman–Crippen MR) is 78.1 cm³/mol. The number of sulfonamides is 1. The first-order valence-corrected chi connectivity index (χ1v) is 7.90. The van der Waals surface area contributed by atoms with Gasteiger partial charge in [0, 0.05) is 6.54 Å². The van der Waals surface area contributed by atoms with Gasteiger partial charge in [-0.25, -0.2) is 17.5 Å². The van der Waals surface area contributed by atoms with Gasteiger partial charge in [-0.15, -0.1) is 0 Å². The normalized spacial score (nSPS) is 11.5. The van der Waals surface area contributed by atoms with Crippen LogP contribution in [0.5, 0.6) is 5.75 Å². The number of phenolic OH excluding ortho intramolecular Hbond substituents is 1. The second kappa shape index (κ2) is 6.24. The van der Waals surface area contributed by atoms with Crippen molar-refractivity contribution < 1.29 is 17.9 Å². The first kappa shape index (κ1) is 15.5. The Labute approximate surface area is 123 Å². The number of aryl methyl sites for hydroxylation is 1. The third-order valence-corrected chi connectivity index (χ3v) is 4.69. The molecule has 0 aliphatic rings. The van der Waals surface area contributed by atoms with Crippen LogP contribution in [0.2, 0.25) is 0 Å². The van der Waals surface area contributed by atoms with E-state index in [2.05, 4.69) is 4.72 Å². The molecule has 2 aromatic carbocycles. The summed E-state index contributed by atoms with van der Waals surface area (Å²) in [5.74, 6) is -0.295. The molecule has 0 aromatic heterocycles. The van der Waals surface area contributed by atoms with Crippen LogP contribution in [0.1, 0.15) is 11.1 Å². The fourth-order valence-corrected chi connectivity index (χ4v) is 3.24.